The van der Waals surface area contributed by atoms with Gasteiger partial charge in [0.25, 0.3) is 0 Å². The van der Waals surface area contributed by atoms with Crippen LogP contribution in [0.2, 0.25) is 0 Å². The monoisotopic (exact) mass is 442 g/mol. The number of aliphatic hydroxyl groups is 1. The zero-order valence-corrected chi connectivity index (χ0v) is 17.1. The fraction of sp³-hybridized carbons (Fsp3) is 0.412. The second kappa shape index (κ2) is 9.61. The van der Waals surface area contributed by atoms with E-state index in [4.69, 9.17) is 32.5 Å². The summed E-state index contributed by atoms with van der Waals surface area (Å²) in [6, 6.07) is 3.56. The number of guanidine groups is 1. The quantitative estimate of drug-likeness (QED) is 0.280. The molecule has 1 aromatic carbocycles. The van der Waals surface area contributed by atoms with Gasteiger partial charge in [-0.1, -0.05) is 0 Å². The summed E-state index contributed by atoms with van der Waals surface area (Å²) in [6.45, 7) is -0.313. The fourth-order valence-electron chi connectivity index (χ4n) is 2.78. The van der Waals surface area contributed by atoms with Crippen molar-refractivity contribution < 1.29 is 29.3 Å². The molecule has 164 valence electrons. The Hall–Kier alpha value is -3.09. The lowest BCUT2D eigenvalue weighted by molar-refractivity contribution is -0.168. The average Bonchev–Trinajstić information content (AvgIpc) is 2.71. The lowest BCUT2D eigenvalue weighted by Crippen LogP contribution is -2.65. The van der Waals surface area contributed by atoms with E-state index in [1.165, 1.54) is 20.4 Å². The lowest BCUT2D eigenvalue weighted by atomic mass is 10.1. The van der Waals surface area contributed by atoms with Crippen LogP contribution >= 0.6 is 11.6 Å². The van der Waals surface area contributed by atoms with Gasteiger partial charge in [-0.3, -0.25) is 9.59 Å². The molecule has 0 radical (unpaired) electrons. The number of hydrogen-bond donors (Lipinski definition) is 4. The molecular weight excluding hydrogens is 420 g/mol. The summed E-state index contributed by atoms with van der Waals surface area (Å²) in [5, 5.41) is 25.5. The molecule has 2 rings (SSSR count). The van der Waals surface area contributed by atoms with Gasteiger partial charge in [-0.15, -0.1) is 11.6 Å². The number of primary amides is 1. The minimum atomic E-state index is -2.15. The van der Waals surface area contributed by atoms with Gasteiger partial charge < -0.3 is 31.2 Å². The Bertz CT molecular complexity index is 865. The van der Waals surface area contributed by atoms with Gasteiger partial charge in [-0.05, 0) is 23.8 Å². The molecule has 0 saturated carbocycles. The molecule has 2 atom stereocenters. The highest BCUT2D eigenvalue weighted by Gasteiger charge is 2.46. The largest absolute Gasteiger partial charge is 0.493 e. The van der Waals surface area contributed by atoms with Crippen LogP contribution in [0.1, 0.15) is 12.0 Å². The fourth-order valence-corrected chi connectivity index (χ4v) is 2.99. The number of rotatable bonds is 9. The van der Waals surface area contributed by atoms with E-state index in [0.717, 1.165) is 9.91 Å². The van der Waals surface area contributed by atoms with Gasteiger partial charge in [0, 0.05) is 0 Å². The lowest BCUT2D eigenvalue weighted by Gasteiger charge is -2.43. The SMILES string of the molecule is COc1ccc(/C=N/N2CN([C@@H](CC(N)=O)C(=O)O)[C@](O)(CCl)N=C2N)cc1OC. The third kappa shape index (κ3) is 5.09. The van der Waals surface area contributed by atoms with Gasteiger partial charge in [-0.2, -0.15) is 5.10 Å². The van der Waals surface area contributed by atoms with Crippen LogP contribution in [-0.4, -0.2) is 82.8 Å². The van der Waals surface area contributed by atoms with Crippen LogP contribution in [-0.2, 0) is 9.59 Å². The Balaban J connectivity index is 2.35. The van der Waals surface area contributed by atoms with Crippen LogP contribution in [0, 0.1) is 0 Å². The highest BCUT2D eigenvalue weighted by Crippen LogP contribution is 2.28. The number of benzene rings is 1. The molecule has 12 nitrogen and oxygen atoms in total. The van der Waals surface area contributed by atoms with Crippen LogP contribution < -0.4 is 20.9 Å². The van der Waals surface area contributed by atoms with E-state index >= 15 is 0 Å². The van der Waals surface area contributed by atoms with E-state index in [1.54, 1.807) is 18.2 Å². The number of aliphatic imine (C=N–C) groups is 1. The van der Waals surface area contributed by atoms with Crippen molar-refractivity contribution in [2.75, 3.05) is 26.8 Å². The molecule has 0 aliphatic carbocycles. The van der Waals surface area contributed by atoms with E-state index in [1.807, 2.05) is 0 Å². The Labute approximate surface area is 177 Å². The van der Waals surface area contributed by atoms with Crippen molar-refractivity contribution in [3.63, 3.8) is 0 Å². The van der Waals surface area contributed by atoms with E-state index < -0.39 is 36.1 Å². The number of hydrazone groups is 1. The third-order valence-electron chi connectivity index (χ3n) is 4.29. The first-order valence-corrected chi connectivity index (χ1v) is 9.13. The number of hydrogen-bond acceptors (Lipinski definition) is 10. The summed E-state index contributed by atoms with van der Waals surface area (Å²) in [5.74, 6) is -4.10. The van der Waals surface area contributed by atoms with Crippen molar-refractivity contribution in [3.8, 4) is 11.5 Å². The normalized spacial score (nSPS) is 20.7. The number of methoxy groups -OCH3 is 2. The summed E-state index contributed by atoms with van der Waals surface area (Å²) in [7, 11) is 3.00. The minimum absolute atomic E-state index is 0.200. The van der Waals surface area contributed by atoms with Gasteiger partial charge in [0.2, 0.25) is 17.7 Å². The number of alkyl halides is 1. The highest BCUT2D eigenvalue weighted by molar-refractivity contribution is 6.18. The molecule has 6 N–H and O–H groups in total. The number of carboxylic acid groups (broad SMARTS) is 1. The standard InChI is InChI=1S/C17H23ClN6O6/c1-29-12-4-3-10(5-13(12)30-2)7-21-24-9-23(11(15(26)27)6-14(19)25)17(28,8-18)22-16(24)20/h3-5,7,11,28H,6,8-9H2,1-2H3,(H2,19,25)(H2,20,22)(H,26,27)/b21-7+/t11-,17-/m0/s1. The Morgan fingerprint density at radius 1 is 1.40 bits per heavy atom. The van der Waals surface area contributed by atoms with Crippen LogP contribution in [0.5, 0.6) is 11.5 Å². The van der Waals surface area contributed by atoms with Crippen molar-refractivity contribution in [2.24, 2.45) is 21.6 Å². The van der Waals surface area contributed by atoms with Gasteiger partial charge >= 0.3 is 5.97 Å². The van der Waals surface area contributed by atoms with Crippen LogP contribution in [0.25, 0.3) is 0 Å². The molecule has 0 fully saturated rings. The molecule has 0 bridgehead atoms. The summed E-state index contributed by atoms with van der Waals surface area (Å²) < 4.78 is 10.4. The summed E-state index contributed by atoms with van der Waals surface area (Å²) in [4.78, 5) is 27.8. The van der Waals surface area contributed by atoms with E-state index in [-0.39, 0.29) is 12.6 Å². The van der Waals surface area contributed by atoms with E-state index in [9.17, 15) is 19.8 Å². The molecule has 0 saturated heterocycles. The summed E-state index contributed by atoms with van der Waals surface area (Å²) >= 11 is 5.80. The number of nitrogens with two attached hydrogens (primary N) is 2. The molecule has 0 aromatic heterocycles. The molecule has 1 heterocycles. The van der Waals surface area contributed by atoms with Crippen molar-refractivity contribution in [2.45, 2.75) is 18.3 Å². The highest BCUT2D eigenvalue weighted by atomic mass is 35.5. The number of nitrogens with zero attached hydrogens (tertiary/aromatic N) is 4. The summed E-state index contributed by atoms with van der Waals surface area (Å²) in [5.41, 5.74) is 11.6. The van der Waals surface area contributed by atoms with Crippen LogP contribution in [0.15, 0.2) is 28.3 Å². The topological polar surface area (TPSA) is 176 Å². The van der Waals surface area contributed by atoms with Gasteiger partial charge in [0.1, 0.15) is 12.7 Å². The summed E-state index contributed by atoms with van der Waals surface area (Å²) in [6.07, 6.45) is 0.856. The van der Waals surface area contributed by atoms with Crippen molar-refractivity contribution in [1.82, 2.24) is 9.91 Å². The van der Waals surface area contributed by atoms with Crippen molar-refractivity contribution in [1.29, 1.82) is 0 Å². The molecule has 1 amide bonds. The van der Waals surface area contributed by atoms with Crippen LogP contribution in [0.3, 0.4) is 0 Å². The predicted octanol–water partition coefficient (Wildman–Crippen LogP) is -0.859. The third-order valence-corrected chi connectivity index (χ3v) is 4.65. The number of halogens is 1. The first-order chi connectivity index (χ1) is 14.1. The Morgan fingerprint density at radius 3 is 2.60 bits per heavy atom. The zero-order chi connectivity index (χ0) is 22.5. The number of carbonyl (C=O) groups excluding carboxylic acids is 1. The van der Waals surface area contributed by atoms with E-state index in [0.29, 0.717) is 17.1 Å². The van der Waals surface area contributed by atoms with Gasteiger partial charge in [0.05, 0.1) is 32.7 Å². The molecule has 1 aliphatic heterocycles. The van der Waals surface area contributed by atoms with Gasteiger partial charge in [0.15, 0.2) is 11.5 Å². The number of aliphatic carboxylic acids is 1. The number of carboxylic acids is 1. The molecule has 30 heavy (non-hydrogen) atoms. The van der Waals surface area contributed by atoms with Crippen molar-refractivity contribution >= 4 is 35.7 Å². The molecular formula is C17H23ClN6O6. The number of carbonyl (C=O) groups is 2. The van der Waals surface area contributed by atoms with Gasteiger partial charge in [-0.25, -0.2) is 14.9 Å². The van der Waals surface area contributed by atoms with E-state index in [2.05, 4.69) is 10.1 Å². The molecule has 0 unspecified atom stereocenters. The first kappa shape index (κ1) is 23.2. The number of amides is 1. The molecule has 1 aliphatic rings. The maximum atomic E-state index is 11.7. The second-order valence-corrected chi connectivity index (χ2v) is 6.54. The van der Waals surface area contributed by atoms with Crippen LogP contribution in [0.4, 0.5) is 0 Å². The zero-order valence-electron chi connectivity index (χ0n) is 16.4. The predicted molar refractivity (Wildman–Crippen MR) is 108 cm³/mol. The maximum Gasteiger partial charge on any atom is 0.321 e. The minimum Gasteiger partial charge on any atom is -0.493 e. The molecule has 0 spiro atoms. The molecule has 1 aromatic rings. The maximum absolute atomic E-state index is 11.7. The Morgan fingerprint density at radius 2 is 2.07 bits per heavy atom. The average molecular weight is 443 g/mol. The van der Waals surface area contributed by atoms with Crippen molar-refractivity contribution in [3.05, 3.63) is 23.8 Å². The first-order valence-electron chi connectivity index (χ1n) is 8.60. The molecule has 13 heteroatoms. The number of ether oxygens (including phenoxy) is 2. The Kier molecular flexibility index (Phi) is 7.43. The second-order valence-electron chi connectivity index (χ2n) is 6.27. The smallest absolute Gasteiger partial charge is 0.321 e.